The van der Waals surface area contributed by atoms with Crippen molar-refractivity contribution in [3.8, 4) is 0 Å². The largest absolute Gasteiger partial charge is 0.480 e. The molecule has 2 aliphatic rings. The fourth-order valence-electron chi connectivity index (χ4n) is 2.55. The summed E-state index contributed by atoms with van der Waals surface area (Å²) in [5, 5.41) is 11.7. The molecule has 0 aromatic rings. The molecule has 0 aliphatic heterocycles. The van der Waals surface area contributed by atoms with Gasteiger partial charge in [0.1, 0.15) is 6.54 Å². The molecule has 0 aromatic carbocycles. The van der Waals surface area contributed by atoms with Crippen LogP contribution in [0.4, 0.5) is 4.79 Å². The van der Waals surface area contributed by atoms with Crippen molar-refractivity contribution < 1.29 is 14.7 Å². The van der Waals surface area contributed by atoms with E-state index in [1.807, 2.05) is 0 Å². The molecule has 0 aromatic heterocycles. The summed E-state index contributed by atoms with van der Waals surface area (Å²) in [6.07, 6.45) is 7.10. The second-order valence-electron chi connectivity index (χ2n) is 5.55. The van der Waals surface area contributed by atoms with E-state index in [1.165, 1.54) is 30.6 Å². The maximum atomic E-state index is 12.0. The summed E-state index contributed by atoms with van der Waals surface area (Å²) in [5.41, 5.74) is 0. The molecule has 0 unspecified atom stereocenters. The monoisotopic (exact) mass is 254 g/mol. The van der Waals surface area contributed by atoms with E-state index in [0.29, 0.717) is 24.9 Å². The fourth-order valence-corrected chi connectivity index (χ4v) is 2.55. The molecule has 102 valence electrons. The minimum Gasteiger partial charge on any atom is -0.480 e. The van der Waals surface area contributed by atoms with Gasteiger partial charge >= 0.3 is 12.0 Å². The minimum atomic E-state index is -0.938. The van der Waals surface area contributed by atoms with Crippen LogP contribution in [-0.4, -0.2) is 41.6 Å². The molecule has 5 nitrogen and oxygen atoms in total. The van der Waals surface area contributed by atoms with Crippen molar-refractivity contribution in [2.75, 3.05) is 19.6 Å². The van der Waals surface area contributed by atoms with Crippen molar-refractivity contribution in [3.63, 3.8) is 0 Å². The van der Waals surface area contributed by atoms with Crippen molar-refractivity contribution in [3.05, 3.63) is 0 Å². The number of rotatable bonds is 6. The highest BCUT2D eigenvalue weighted by Gasteiger charge is 2.28. The van der Waals surface area contributed by atoms with Crippen LogP contribution >= 0.6 is 0 Å². The van der Waals surface area contributed by atoms with Crippen LogP contribution in [0.5, 0.6) is 0 Å². The van der Waals surface area contributed by atoms with E-state index in [1.54, 1.807) is 0 Å². The van der Waals surface area contributed by atoms with Crippen molar-refractivity contribution in [2.45, 2.75) is 38.5 Å². The number of amides is 2. The number of carbonyl (C=O) groups is 2. The van der Waals surface area contributed by atoms with Gasteiger partial charge in [-0.2, -0.15) is 0 Å². The Hall–Kier alpha value is -1.26. The van der Waals surface area contributed by atoms with Crippen molar-refractivity contribution in [1.82, 2.24) is 10.2 Å². The number of carbonyl (C=O) groups excluding carboxylic acids is 1. The predicted molar refractivity (Wildman–Crippen MR) is 67.3 cm³/mol. The Morgan fingerprint density at radius 2 is 1.78 bits per heavy atom. The standard InChI is InChI=1S/C13H22N2O3/c16-12(17)9-15(8-11-5-6-11)13(18)14-7-10-3-1-2-4-10/h10-11H,1-9H2,(H,14,18)(H,16,17). The Labute approximate surface area is 108 Å². The van der Waals surface area contributed by atoms with E-state index in [2.05, 4.69) is 5.32 Å². The van der Waals surface area contributed by atoms with Crippen molar-refractivity contribution in [1.29, 1.82) is 0 Å². The summed E-state index contributed by atoms with van der Waals surface area (Å²) < 4.78 is 0. The molecule has 0 saturated heterocycles. The molecule has 2 N–H and O–H groups in total. The first-order chi connectivity index (χ1) is 8.65. The lowest BCUT2D eigenvalue weighted by Gasteiger charge is -2.22. The topological polar surface area (TPSA) is 69.6 Å². The van der Waals surface area contributed by atoms with Crippen LogP contribution in [0.2, 0.25) is 0 Å². The Bertz CT molecular complexity index is 309. The molecular weight excluding hydrogens is 232 g/mol. The lowest BCUT2D eigenvalue weighted by molar-refractivity contribution is -0.137. The second kappa shape index (κ2) is 6.07. The highest BCUT2D eigenvalue weighted by molar-refractivity contribution is 5.80. The number of aliphatic carboxylic acids is 1. The van der Waals surface area contributed by atoms with E-state index in [-0.39, 0.29) is 12.6 Å². The zero-order valence-corrected chi connectivity index (χ0v) is 10.7. The minimum absolute atomic E-state index is 0.188. The molecule has 0 heterocycles. The first-order valence-corrected chi connectivity index (χ1v) is 6.89. The highest BCUT2D eigenvalue weighted by Crippen LogP contribution is 2.29. The maximum absolute atomic E-state index is 12.0. The van der Waals surface area contributed by atoms with Gasteiger partial charge in [-0.15, -0.1) is 0 Å². The van der Waals surface area contributed by atoms with Gasteiger partial charge in [-0.3, -0.25) is 4.79 Å². The molecule has 18 heavy (non-hydrogen) atoms. The number of hydrogen-bond donors (Lipinski definition) is 2. The molecule has 2 amide bonds. The smallest absolute Gasteiger partial charge is 0.323 e. The first kappa shape index (κ1) is 13.2. The van der Waals surface area contributed by atoms with E-state index < -0.39 is 5.97 Å². The molecule has 0 atom stereocenters. The molecule has 0 spiro atoms. The van der Waals surface area contributed by atoms with Gasteiger partial charge in [0.25, 0.3) is 0 Å². The van der Waals surface area contributed by atoms with Gasteiger partial charge in [0.2, 0.25) is 0 Å². The average molecular weight is 254 g/mol. The van der Waals surface area contributed by atoms with Crippen LogP contribution in [0.3, 0.4) is 0 Å². The van der Waals surface area contributed by atoms with Crippen LogP contribution < -0.4 is 5.32 Å². The highest BCUT2D eigenvalue weighted by atomic mass is 16.4. The van der Waals surface area contributed by atoms with Gasteiger partial charge < -0.3 is 15.3 Å². The fraction of sp³-hybridized carbons (Fsp3) is 0.846. The second-order valence-corrected chi connectivity index (χ2v) is 5.55. The van der Waals surface area contributed by atoms with Crippen LogP contribution in [0.25, 0.3) is 0 Å². The summed E-state index contributed by atoms with van der Waals surface area (Å²) in [6.45, 7) is 1.09. The van der Waals surface area contributed by atoms with Crippen molar-refractivity contribution >= 4 is 12.0 Å². The van der Waals surface area contributed by atoms with E-state index in [9.17, 15) is 9.59 Å². The molecule has 2 aliphatic carbocycles. The number of hydrogen-bond acceptors (Lipinski definition) is 2. The molecule has 2 rings (SSSR count). The number of urea groups is 1. The number of nitrogens with zero attached hydrogens (tertiary/aromatic N) is 1. The Balaban J connectivity index is 1.75. The summed E-state index contributed by atoms with van der Waals surface area (Å²) in [4.78, 5) is 24.1. The summed E-state index contributed by atoms with van der Waals surface area (Å²) >= 11 is 0. The average Bonchev–Trinajstić information content (AvgIpc) is 2.98. The SMILES string of the molecule is O=C(O)CN(CC1CC1)C(=O)NCC1CCCC1. The van der Waals surface area contributed by atoms with Crippen LogP contribution in [-0.2, 0) is 4.79 Å². The third-order valence-electron chi connectivity index (χ3n) is 3.81. The number of carboxylic acids is 1. The Kier molecular flexibility index (Phi) is 4.44. The first-order valence-electron chi connectivity index (χ1n) is 6.89. The van der Waals surface area contributed by atoms with E-state index in [0.717, 1.165) is 12.8 Å². The molecule has 0 bridgehead atoms. The summed E-state index contributed by atoms with van der Waals surface area (Å²) in [5.74, 6) is 0.162. The molecule has 0 radical (unpaired) electrons. The van der Waals surface area contributed by atoms with E-state index in [4.69, 9.17) is 5.11 Å². The predicted octanol–water partition coefficient (Wildman–Crippen LogP) is 1.68. The molecule has 2 saturated carbocycles. The van der Waals surface area contributed by atoms with Crippen LogP contribution in [0.1, 0.15) is 38.5 Å². The van der Waals surface area contributed by atoms with Gasteiger partial charge in [-0.05, 0) is 37.5 Å². The van der Waals surface area contributed by atoms with Gasteiger partial charge in [0.15, 0.2) is 0 Å². The molecular formula is C13H22N2O3. The van der Waals surface area contributed by atoms with E-state index >= 15 is 0 Å². The normalized spacial score (nSPS) is 19.8. The Morgan fingerprint density at radius 1 is 1.11 bits per heavy atom. The lowest BCUT2D eigenvalue weighted by atomic mass is 10.1. The molecule has 2 fully saturated rings. The van der Waals surface area contributed by atoms with Gasteiger partial charge in [-0.1, -0.05) is 12.8 Å². The van der Waals surface area contributed by atoms with Gasteiger partial charge in [-0.25, -0.2) is 4.79 Å². The van der Waals surface area contributed by atoms with Gasteiger partial charge in [0.05, 0.1) is 0 Å². The van der Waals surface area contributed by atoms with Gasteiger partial charge in [0, 0.05) is 13.1 Å². The Morgan fingerprint density at radius 3 is 2.33 bits per heavy atom. The summed E-state index contributed by atoms with van der Waals surface area (Å²) in [6, 6.07) is -0.212. The van der Waals surface area contributed by atoms with Crippen LogP contribution in [0, 0.1) is 11.8 Å². The number of carboxylic acid groups (broad SMARTS) is 1. The van der Waals surface area contributed by atoms with Crippen LogP contribution in [0.15, 0.2) is 0 Å². The zero-order valence-electron chi connectivity index (χ0n) is 10.7. The number of nitrogens with one attached hydrogen (secondary N) is 1. The lowest BCUT2D eigenvalue weighted by Crippen LogP contribution is -2.45. The third kappa shape index (κ3) is 4.20. The van der Waals surface area contributed by atoms with Crippen molar-refractivity contribution in [2.24, 2.45) is 11.8 Å². The molecule has 5 heteroatoms. The zero-order chi connectivity index (χ0) is 13.0. The quantitative estimate of drug-likeness (QED) is 0.757. The third-order valence-corrected chi connectivity index (χ3v) is 3.81. The summed E-state index contributed by atoms with van der Waals surface area (Å²) in [7, 11) is 0. The maximum Gasteiger partial charge on any atom is 0.323 e.